The minimum absolute atomic E-state index is 0.0359. The zero-order valence-electron chi connectivity index (χ0n) is 8.49. The average molecular weight is 188 g/mol. The normalized spacial score (nSPS) is 15.4. The molecule has 0 aliphatic heterocycles. The molecule has 0 bridgehead atoms. The van der Waals surface area contributed by atoms with Gasteiger partial charge in [0.15, 0.2) is 5.78 Å². The molecule has 0 amide bonds. The van der Waals surface area contributed by atoms with Gasteiger partial charge in [-0.2, -0.15) is 0 Å². The van der Waals surface area contributed by atoms with Crippen molar-refractivity contribution in [2.24, 2.45) is 5.92 Å². The second-order valence-corrected chi connectivity index (χ2v) is 3.54. The molecule has 0 saturated heterocycles. The molecule has 3 nitrogen and oxygen atoms in total. The fourth-order valence-corrected chi connectivity index (χ4v) is 1.29. The Kier molecular flexibility index (Phi) is 6.82. The molecule has 2 N–H and O–H groups in total. The molecule has 2 unspecified atom stereocenters. The summed E-state index contributed by atoms with van der Waals surface area (Å²) in [4.78, 5) is 10.9. The lowest BCUT2D eigenvalue weighted by atomic mass is 9.95. The molecule has 0 spiro atoms. The van der Waals surface area contributed by atoms with Crippen molar-refractivity contribution in [1.82, 2.24) is 0 Å². The van der Waals surface area contributed by atoms with Crippen molar-refractivity contribution in [3.63, 3.8) is 0 Å². The lowest BCUT2D eigenvalue weighted by molar-refractivity contribution is -0.132. The molecule has 0 saturated carbocycles. The van der Waals surface area contributed by atoms with Gasteiger partial charge in [-0.25, -0.2) is 0 Å². The van der Waals surface area contributed by atoms with E-state index in [2.05, 4.69) is 6.92 Å². The van der Waals surface area contributed by atoms with Crippen LogP contribution in [0.15, 0.2) is 0 Å². The predicted molar refractivity (Wildman–Crippen MR) is 51.4 cm³/mol. The van der Waals surface area contributed by atoms with E-state index >= 15 is 0 Å². The summed E-state index contributed by atoms with van der Waals surface area (Å²) in [5.74, 6) is -0.504. The minimum Gasteiger partial charge on any atom is -0.388 e. The molecule has 0 radical (unpaired) electrons. The maximum Gasteiger partial charge on any atom is 0.186 e. The first-order valence-corrected chi connectivity index (χ1v) is 4.95. The molecule has 0 aromatic heterocycles. The molecule has 0 rings (SSSR count). The Balaban J connectivity index is 3.68. The van der Waals surface area contributed by atoms with Gasteiger partial charge in [0.2, 0.25) is 0 Å². The maximum atomic E-state index is 10.9. The summed E-state index contributed by atoms with van der Waals surface area (Å²) in [7, 11) is 0. The van der Waals surface area contributed by atoms with Crippen LogP contribution in [0.2, 0.25) is 0 Å². The van der Waals surface area contributed by atoms with Gasteiger partial charge in [-0.3, -0.25) is 4.79 Å². The van der Waals surface area contributed by atoms with Crippen molar-refractivity contribution in [3.8, 4) is 0 Å². The number of carbonyl (C=O) groups is 1. The van der Waals surface area contributed by atoms with Crippen LogP contribution in [0.1, 0.15) is 39.5 Å². The van der Waals surface area contributed by atoms with E-state index < -0.39 is 18.5 Å². The van der Waals surface area contributed by atoms with Crippen LogP contribution in [0.3, 0.4) is 0 Å². The zero-order chi connectivity index (χ0) is 10.3. The Morgan fingerprint density at radius 3 is 2.46 bits per heavy atom. The Morgan fingerprint density at radius 2 is 2.00 bits per heavy atom. The number of carbonyl (C=O) groups excluding carboxylic acids is 1. The lowest BCUT2D eigenvalue weighted by Crippen LogP contribution is -2.30. The third-order valence-corrected chi connectivity index (χ3v) is 2.29. The molecule has 0 aliphatic rings. The van der Waals surface area contributed by atoms with E-state index in [1.165, 1.54) is 0 Å². The Bertz CT molecular complexity index is 145. The van der Waals surface area contributed by atoms with E-state index in [0.717, 1.165) is 25.7 Å². The second kappa shape index (κ2) is 7.04. The maximum absolute atomic E-state index is 10.9. The molecule has 0 aromatic carbocycles. The molecular formula is C10H20O3. The third kappa shape index (κ3) is 5.01. The second-order valence-electron chi connectivity index (χ2n) is 3.54. The number of hydrogen-bond acceptors (Lipinski definition) is 3. The highest BCUT2D eigenvalue weighted by molar-refractivity contribution is 5.83. The molecule has 3 heteroatoms. The van der Waals surface area contributed by atoms with Crippen LogP contribution in [0.25, 0.3) is 0 Å². The molecule has 2 atom stereocenters. The van der Waals surface area contributed by atoms with Crippen molar-refractivity contribution >= 4 is 5.78 Å². The largest absolute Gasteiger partial charge is 0.388 e. The Hall–Kier alpha value is -0.410. The number of unbranched alkanes of at least 4 members (excludes halogenated alkanes) is 2. The smallest absolute Gasteiger partial charge is 0.186 e. The van der Waals surface area contributed by atoms with Crippen LogP contribution in [0.5, 0.6) is 0 Å². The average Bonchev–Trinajstić information content (AvgIpc) is 2.15. The van der Waals surface area contributed by atoms with Crippen molar-refractivity contribution in [3.05, 3.63) is 0 Å². The van der Waals surface area contributed by atoms with Gasteiger partial charge >= 0.3 is 0 Å². The van der Waals surface area contributed by atoms with Crippen LogP contribution in [-0.2, 0) is 4.79 Å². The quantitative estimate of drug-likeness (QED) is 0.589. The first-order chi connectivity index (χ1) is 6.13. The Morgan fingerprint density at radius 1 is 1.38 bits per heavy atom. The minimum atomic E-state index is -0.984. The summed E-state index contributed by atoms with van der Waals surface area (Å²) in [6, 6.07) is 0. The van der Waals surface area contributed by atoms with Gasteiger partial charge in [0.05, 0.1) is 0 Å². The molecule has 0 heterocycles. The SMILES string of the molecule is CCCCCC(C)C(O)C(=O)CO. The molecule has 0 fully saturated rings. The molecule has 0 aromatic rings. The van der Waals surface area contributed by atoms with Crippen molar-refractivity contribution in [1.29, 1.82) is 0 Å². The van der Waals surface area contributed by atoms with Gasteiger partial charge in [0.1, 0.15) is 12.7 Å². The van der Waals surface area contributed by atoms with E-state index in [9.17, 15) is 9.90 Å². The summed E-state index contributed by atoms with van der Waals surface area (Å²) in [5.41, 5.74) is 0. The molecule has 78 valence electrons. The number of rotatable bonds is 7. The van der Waals surface area contributed by atoms with Gasteiger partial charge < -0.3 is 10.2 Å². The molecule has 0 aliphatic carbocycles. The highest BCUT2D eigenvalue weighted by Crippen LogP contribution is 2.13. The fraction of sp³-hybridized carbons (Fsp3) is 0.900. The van der Waals surface area contributed by atoms with Crippen LogP contribution < -0.4 is 0 Å². The number of hydrogen-bond donors (Lipinski definition) is 2. The monoisotopic (exact) mass is 188 g/mol. The summed E-state index contributed by atoms with van der Waals surface area (Å²) >= 11 is 0. The van der Waals surface area contributed by atoms with E-state index in [0.29, 0.717) is 0 Å². The highest BCUT2D eigenvalue weighted by atomic mass is 16.3. The van der Waals surface area contributed by atoms with Gasteiger partial charge in [-0.15, -0.1) is 0 Å². The lowest BCUT2D eigenvalue weighted by Gasteiger charge is -2.16. The van der Waals surface area contributed by atoms with Crippen LogP contribution >= 0.6 is 0 Å². The Labute approximate surface area is 79.8 Å². The molecular weight excluding hydrogens is 168 g/mol. The summed E-state index contributed by atoms with van der Waals surface area (Å²) in [5, 5.41) is 17.9. The molecule has 13 heavy (non-hydrogen) atoms. The number of aliphatic hydroxyl groups excluding tert-OH is 2. The van der Waals surface area contributed by atoms with Gasteiger partial charge in [-0.1, -0.05) is 33.1 Å². The van der Waals surface area contributed by atoms with E-state index in [4.69, 9.17) is 5.11 Å². The van der Waals surface area contributed by atoms with E-state index in [-0.39, 0.29) is 5.92 Å². The summed E-state index contributed by atoms with van der Waals surface area (Å²) in [6.07, 6.45) is 3.16. The first kappa shape index (κ1) is 12.6. The van der Waals surface area contributed by atoms with Gasteiger partial charge in [-0.05, 0) is 12.3 Å². The van der Waals surface area contributed by atoms with Crippen LogP contribution in [-0.4, -0.2) is 28.7 Å². The van der Waals surface area contributed by atoms with Crippen LogP contribution in [0, 0.1) is 5.92 Å². The van der Waals surface area contributed by atoms with Crippen LogP contribution in [0.4, 0.5) is 0 Å². The predicted octanol–water partition coefficient (Wildman–Crippen LogP) is 1.13. The highest BCUT2D eigenvalue weighted by Gasteiger charge is 2.20. The zero-order valence-corrected chi connectivity index (χ0v) is 8.49. The first-order valence-electron chi connectivity index (χ1n) is 4.95. The summed E-state index contributed by atoms with van der Waals surface area (Å²) in [6.45, 7) is 3.40. The van der Waals surface area contributed by atoms with E-state index in [1.807, 2.05) is 6.92 Å². The summed E-state index contributed by atoms with van der Waals surface area (Å²) < 4.78 is 0. The number of ketones is 1. The third-order valence-electron chi connectivity index (χ3n) is 2.29. The van der Waals surface area contributed by atoms with Crippen molar-refractivity contribution < 1.29 is 15.0 Å². The van der Waals surface area contributed by atoms with Crippen molar-refractivity contribution in [2.45, 2.75) is 45.6 Å². The fourth-order valence-electron chi connectivity index (χ4n) is 1.29. The van der Waals surface area contributed by atoms with E-state index in [1.54, 1.807) is 0 Å². The number of Topliss-reactive ketones (excluding diaryl/α,β-unsaturated/α-hetero) is 1. The van der Waals surface area contributed by atoms with Gasteiger partial charge in [0.25, 0.3) is 0 Å². The topological polar surface area (TPSA) is 57.5 Å². The standard InChI is InChI=1S/C10H20O3/c1-3-4-5-6-8(2)10(13)9(12)7-11/h8,10-11,13H,3-7H2,1-2H3. The van der Waals surface area contributed by atoms with Gasteiger partial charge in [0, 0.05) is 0 Å². The number of aliphatic hydroxyl groups is 2. The van der Waals surface area contributed by atoms with Crippen molar-refractivity contribution in [2.75, 3.05) is 6.61 Å².